The van der Waals surface area contributed by atoms with Crippen LogP contribution in [0.3, 0.4) is 0 Å². The zero-order valence-electron chi connectivity index (χ0n) is 14.4. The van der Waals surface area contributed by atoms with Crippen molar-refractivity contribution in [2.24, 2.45) is 0 Å². The minimum Gasteiger partial charge on any atom is -0.107 e. The van der Waals surface area contributed by atoms with E-state index in [1.165, 1.54) is 109 Å². The third-order valence-corrected chi connectivity index (χ3v) is 4.21. The molecule has 0 N–H and O–H groups in total. The summed E-state index contributed by atoms with van der Waals surface area (Å²) < 4.78 is 0. The van der Waals surface area contributed by atoms with Crippen LogP contribution in [0, 0.1) is 0 Å². The van der Waals surface area contributed by atoms with Crippen LogP contribution in [0.1, 0.15) is 123 Å². The van der Waals surface area contributed by atoms with Gasteiger partial charge in [0.1, 0.15) is 0 Å². The molecule has 0 spiro atoms. The van der Waals surface area contributed by atoms with Crippen molar-refractivity contribution in [1.29, 1.82) is 0 Å². The third kappa shape index (κ3) is 21.0. The van der Waals surface area contributed by atoms with Gasteiger partial charge in [-0.2, -0.15) is 0 Å². The standard InChI is InChI=1S/C19H40.HI/c1-3-5-7-9-11-13-15-17-19-18-16-14-12-10-8-6-4-2;/h3-19H2,1-2H3;1H. The van der Waals surface area contributed by atoms with Crippen molar-refractivity contribution in [3.8, 4) is 0 Å². The van der Waals surface area contributed by atoms with Gasteiger partial charge in [-0.1, -0.05) is 123 Å². The van der Waals surface area contributed by atoms with Crippen molar-refractivity contribution >= 4 is 24.0 Å². The molecule has 0 fully saturated rings. The number of halogens is 1. The molecular formula is C19H41I. The Morgan fingerprint density at radius 1 is 0.300 bits per heavy atom. The molecule has 1 heteroatoms. The molecule has 0 aromatic heterocycles. The van der Waals surface area contributed by atoms with Crippen LogP contribution >= 0.6 is 24.0 Å². The van der Waals surface area contributed by atoms with E-state index in [2.05, 4.69) is 13.8 Å². The van der Waals surface area contributed by atoms with E-state index in [-0.39, 0.29) is 24.0 Å². The van der Waals surface area contributed by atoms with Crippen molar-refractivity contribution in [2.45, 2.75) is 123 Å². The molecule has 20 heavy (non-hydrogen) atoms. The maximum atomic E-state index is 2.30. The molecule has 0 saturated carbocycles. The first-order valence-corrected chi connectivity index (χ1v) is 9.41. The molecule has 0 aliphatic heterocycles. The minimum absolute atomic E-state index is 0. The van der Waals surface area contributed by atoms with Crippen LogP contribution in [0.4, 0.5) is 0 Å². The van der Waals surface area contributed by atoms with E-state index in [1.807, 2.05) is 0 Å². The molecule has 0 aromatic rings. The van der Waals surface area contributed by atoms with Gasteiger partial charge in [-0.05, 0) is 0 Å². The first-order valence-electron chi connectivity index (χ1n) is 9.41. The Kier molecular flexibility index (Phi) is 25.3. The Bertz CT molecular complexity index is 129. The quantitative estimate of drug-likeness (QED) is 0.182. The Balaban J connectivity index is 0. The molecule has 0 saturated heterocycles. The van der Waals surface area contributed by atoms with E-state index in [0.29, 0.717) is 0 Å². The van der Waals surface area contributed by atoms with Crippen LogP contribution in [0.2, 0.25) is 0 Å². The van der Waals surface area contributed by atoms with Gasteiger partial charge in [0.15, 0.2) is 0 Å². The summed E-state index contributed by atoms with van der Waals surface area (Å²) in [6.45, 7) is 4.59. The maximum Gasteiger partial charge on any atom is -0.0533 e. The highest BCUT2D eigenvalue weighted by molar-refractivity contribution is 14.0. The fourth-order valence-corrected chi connectivity index (χ4v) is 2.80. The summed E-state index contributed by atoms with van der Waals surface area (Å²) >= 11 is 0. The summed E-state index contributed by atoms with van der Waals surface area (Å²) in [7, 11) is 0. The van der Waals surface area contributed by atoms with Gasteiger partial charge in [0.05, 0.1) is 0 Å². The molecule has 0 unspecified atom stereocenters. The third-order valence-electron chi connectivity index (χ3n) is 4.21. The normalized spacial score (nSPS) is 10.5. The van der Waals surface area contributed by atoms with Crippen LogP contribution in [-0.2, 0) is 0 Å². The largest absolute Gasteiger partial charge is 0.107 e. The van der Waals surface area contributed by atoms with Crippen molar-refractivity contribution in [3.05, 3.63) is 0 Å². The lowest BCUT2D eigenvalue weighted by molar-refractivity contribution is 0.529. The topological polar surface area (TPSA) is 0 Å². The van der Waals surface area contributed by atoms with Crippen molar-refractivity contribution in [2.75, 3.05) is 0 Å². The maximum absolute atomic E-state index is 2.30. The van der Waals surface area contributed by atoms with Crippen LogP contribution in [0.5, 0.6) is 0 Å². The molecule has 0 rings (SSSR count). The van der Waals surface area contributed by atoms with Gasteiger partial charge in [0.25, 0.3) is 0 Å². The first kappa shape index (κ1) is 23.0. The van der Waals surface area contributed by atoms with Crippen molar-refractivity contribution < 1.29 is 0 Å². The van der Waals surface area contributed by atoms with Crippen molar-refractivity contribution in [1.82, 2.24) is 0 Å². The van der Waals surface area contributed by atoms with Crippen LogP contribution in [0.15, 0.2) is 0 Å². The van der Waals surface area contributed by atoms with Crippen LogP contribution < -0.4 is 0 Å². The van der Waals surface area contributed by atoms with Crippen molar-refractivity contribution in [3.63, 3.8) is 0 Å². The fourth-order valence-electron chi connectivity index (χ4n) is 2.80. The molecule has 0 radical (unpaired) electrons. The lowest BCUT2D eigenvalue weighted by Gasteiger charge is -2.03. The molecule has 0 aliphatic rings. The summed E-state index contributed by atoms with van der Waals surface area (Å²) in [5, 5.41) is 0. The lowest BCUT2D eigenvalue weighted by atomic mass is 10.0. The molecule has 0 amide bonds. The van der Waals surface area contributed by atoms with E-state index in [0.717, 1.165) is 0 Å². The fraction of sp³-hybridized carbons (Fsp3) is 1.00. The smallest absolute Gasteiger partial charge is 0.0533 e. The van der Waals surface area contributed by atoms with Gasteiger partial charge >= 0.3 is 0 Å². The number of rotatable bonds is 16. The predicted molar refractivity (Wildman–Crippen MR) is 105 cm³/mol. The van der Waals surface area contributed by atoms with Gasteiger partial charge in [-0.25, -0.2) is 0 Å². The zero-order valence-corrected chi connectivity index (χ0v) is 16.8. The van der Waals surface area contributed by atoms with E-state index >= 15 is 0 Å². The van der Waals surface area contributed by atoms with E-state index < -0.39 is 0 Å². The van der Waals surface area contributed by atoms with Gasteiger partial charge in [-0.15, -0.1) is 24.0 Å². The second kappa shape index (κ2) is 22.0. The first-order chi connectivity index (χ1) is 9.41. The number of unbranched alkanes of at least 4 members (excludes halogenated alkanes) is 16. The molecule has 124 valence electrons. The second-order valence-electron chi connectivity index (χ2n) is 6.30. The van der Waals surface area contributed by atoms with E-state index in [1.54, 1.807) is 0 Å². The Hall–Kier alpha value is 0.730. The average Bonchev–Trinajstić information content (AvgIpc) is 2.43. The highest BCUT2D eigenvalue weighted by atomic mass is 127. The Labute approximate surface area is 146 Å². The van der Waals surface area contributed by atoms with Gasteiger partial charge < -0.3 is 0 Å². The predicted octanol–water partition coefficient (Wildman–Crippen LogP) is 8.28. The average molecular weight is 396 g/mol. The lowest BCUT2D eigenvalue weighted by Crippen LogP contribution is -1.83. The van der Waals surface area contributed by atoms with E-state index in [9.17, 15) is 0 Å². The monoisotopic (exact) mass is 396 g/mol. The summed E-state index contributed by atoms with van der Waals surface area (Å²) in [5.41, 5.74) is 0. The van der Waals surface area contributed by atoms with Gasteiger partial charge in [0, 0.05) is 0 Å². The van der Waals surface area contributed by atoms with Crippen LogP contribution in [0.25, 0.3) is 0 Å². The Morgan fingerprint density at radius 2 is 0.450 bits per heavy atom. The molecule has 0 nitrogen and oxygen atoms in total. The summed E-state index contributed by atoms with van der Waals surface area (Å²) in [6, 6.07) is 0. The highest BCUT2D eigenvalue weighted by Gasteiger charge is 1.94. The SMILES string of the molecule is CCCCCCCCCCCCCCCCCCC.I. The number of hydrogen-bond donors (Lipinski definition) is 0. The Morgan fingerprint density at radius 3 is 0.600 bits per heavy atom. The molecule has 0 aromatic carbocycles. The number of hydrogen-bond acceptors (Lipinski definition) is 0. The molecule has 0 heterocycles. The summed E-state index contributed by atoms with van der Waals surface area (Å²) in [6.07, 6.45) is 24.9. The summed E-state index contributed by atoms with van der Waals surface area (Å²) in [4.78, 5) is 0. The van der Waals surface area contributed by atoms with Gasteiger partial charge in [0.2, 0.25) is 0 Å². The zero-order chi connectivity index (χ0) is 14.0. The summed E-state index contributed by atoms with van der Waals surface area (Å²) in [5.74, 6) is 0. The molecule has 0 bridgehead atoms. The van der Waals surface area contributed by atoms with E-state index in [4.69, 9.17) is 0 Å². The van der Waals surface area contributed by atoms with Gasteiger partial charge in [-0.3, -0.25) is 0 Å². The van der Waals surface area contributed by atoms with Crippen LogP contribution in [-0.4, -0.2) is 0 Å². The minimum atomic E-state index is 0. The second-order valence-corrected chi connectivity index (χ2v) is 6.30. The molecule has 0 atom stereocenters. The molecular weight excluding hydrogens is 355 g/mol. The molecule has 0 aliphatic carbocycles. The highest BCUT2D eigenvalue weighted by Crippen LogP contribution is 2.13.